The van der Waals surface area contributed by atoms with E-state index >= 15 is 0 Å². The Balaban J connectivity index is 1.24. The largest absolute Gasteiger partial charge is 0.308 e. The summed E-state index contributed by atoms with van der Waals surface area (Å²) in [6, 6.07) is 44.5. The van der Waals surface area contributed by atoms with Crippen molar-refractivity contribution in [2.45, 2.75) is 0 Å². The van der Waals surface area contributed by atoms with Gasteiger partial charge in [0.15, 0.2) is 0 Å². The lowest BCUT2D eigenvalue weighted by Gasteiger charge is -2.09. The minimum atomic E-state index is 1.08. The van der Waals surface area contributed by atoms with E-state index in [0.717, 1.165) is 5.69 Å². The second kappa shape index (κ2) is 7.66. The van der Waals surface area contributed by atoms with Gasteiger partial charge in [-0.3, -0.25) is 4.98 Å². The van der Waals surface area contributed by atoms with Crippen LogP contribution in [-0.2, 0) is 0 Å². The number of aromatic nitrogens is 2. The molecule has 0 saturated heterocycles. The number of rotatable bonds is 2. The molecule has 0 saturated carbocycles. The molecule has 0 radical (unpaired) electrons. The summed E-state index contributed by atoms with van der Waals surface area (Å²) >= 11 is 0. The summed E-state index contributed by atoms with van der Waals surface area (Å²) < 4.78 is 2.31. The number of nitrogens with zero attached hydrogens (tertiary/aromatic N) is 2. The van der Waals surface area contributed by atoms with Gasteiger partial charge in [0.2, 0.25) is 0 Å². The van der Waals surface area contributed by atoms with Gasteiger partial charge in [-0.25, -0.2) is 0 Å². The van der Waals surface area contributed by atoms with Crippen molar-refractivity contribution >= 4 is 43.4 Å². The van der Waals surface area contributed by atoms with Crippen LogP contribution < -0.4 is 0 Å². The number of hydrogen-bond donors (Lipinski definition) is 0. The van der Waals surface area contributed by atoms with E-state index in [0.29, 0.717) is 0 Å². The normalized spacial score (nSPS) is 12.1. The summed E-state index contributed by atoms with van der Waals surface area (Å²) in [6.07, 6.45) is 3.75. The molecule has 0 N–H and O–H groups in total. The van der Waals surface area contributed by atoms with E-state index in [1.807, 2.05) is 18.5 Å². The molecule has 0 fully saturated rings. The maximum Gasteiger partial charge on any atom is 0.0645 e. The monoisotopic (exact) mass is 494 g/mol. The molecular weight excluding hydrogens is 472 g/mol. The zero-order valence-electron chi connectivity index (χ0n) is 21.1. The number of pyridine rings is 1. The molecule has 2 nitrogen and oxygen atoms in total. The van der Waals surface area contributed by atoms with Crippen molar-refractivity contribution in [3.8, 4) is 39.1 Å². The van der Waals surface area contributed by atoms with E-state index in [1.54, 1.807) is 0 Å². The highest BCUT2D eigenvalue weighted by atomic mass is 15.0. The molecular formula is C37H22N2. The van der Waals surface area contributed by atoms with Crippen LogP contribution in [0.15, 0.2) is 134 Å². The molecule has 0 unspecified atom stereocenters. The molecule has 8 aromatic rings. The Hall–Kier alpha value is -5.21. The summed E-state index contributed by atoms with van der Waals surface area (Å²) in [7, 11) is 0. The summed E-state index contributed by atoms with van der Waals surface area (Å²) in [4.78, 5) is 4.38. The summed E-state index contributed by atoms with van der Waals surface area (Å²) in [5, 5.41) is 7.74. The van der Waals surface area contributed by atoms with E-state index in [2.05, 4.69) is 125 Å². The minimum absolute atomic E-state index is 1.08. The van der Waals surface area contributed by atoms with Gasteiger partial charge >= 0.3 is 0 Å². The summed E-state index contributed by atoms with van der Waals surface area (Å²) in [5.41, 5.74) is 11.3. The fourth-order valence-corrected chi connectivity index (χ4v) is 6.63. The first-order chi connectivity index (χ1) is 19.3. The van der Waals surface area contributed by atoms with Crippen LogP contribution >= 0.6 is 0 Å². The highest BCUT2D eigenvalue weighted by molar-refractivity contribution is 6.17. The van der Waals surface area contributed by atoms with E-state index in [1.165, 1.54) is 76.7 Å². The molecule has 2 heterocycles. The smallest absolute Gasteiger partial charge is 0.0645 e. The summed E-state index contributed by atoms with van der Waals surface area (Å²) in [6.45, 7) is 0. The Morgan fingerprint density at radius 1 is 0.462 bits per heavy atom. The van der Waals surface area contributed by atoms with Crippen molar-refractivity contribution in [3.05, 3.63) is 134 Å². The van der Waals surface area contributed by atoms with Gasteiger partial charge in [-0.1, -0.05) is 72.8 Å². The summed E-state index contributed by atoms with van der Waals surface area (Å²) in [5.74, 6) is 0. The first-order valence-electron chi connectivity index (χ1n) is 13.4. The Labute approximate surface area is 225 Å². The highest BCUT2D eigenvalue weighted by Crippen LogP contribution is 2.48. The number of fused-ring (bicyclic) bond motifs is 7. The molecule has 0 bridgehead atoms. The third kappa shape index (κ3) is 2.89. The van der Waals surface area contributed by atoms with Crippen molar-refractivity contribution in [1.82, 2.24) is 9.55 Å². The van der Waals surface area contributed by atoms with Crippen molar-refractivity contribution in [2.75, 3.05) is 0 Å². The molecule has 39 heavy (non-hydrogen) atoms. The van der Waals surface area contributed by atoms with Crippen molar-refractivity contribution in [1.29, 1.82) is 0 Å². The Morgan fingerprint density at radius 3 is 2.03 bits per heavy atom. The predicted octanol–water partition coefficient (Wildman–Crippen LogP) is 9.80. The lowest BCUT2D eigenvalue weighted by molar-refractivity contribution is 1.14. The van der Waals surface area contributed by atoms with Gasteiger partial charge < -0.3 is 4.57 Å². The first-order valence-corrected chi connectivity index (χ1v) is 13.4. The van der Waals surface area contributed by atoms with Crippen LogP contribution in [0.1, 0.15) is 0 Å². The van der Waals surface area contributed by atoms with Crippen molar-refractivity contribution in [2.24, 2.45) is 0 Å². The van der Waals surface area contributed by atoms with Crippen LogP contribution in [0, 0.1) is 0 Å². The lowest BCUT2D eigenvalue weighted by Crippen LogP contribution is -1.93. The molecule has 0 spiro atoms. The maximum absolute atomic E-state index is 4.38. The number of benzene rings is 6. The van der Waals surface area contributed by atoms with Gasteiger partial charge in [-0.2, -0.15) is 0 Å². The van der Waals surface area contributed by atoms with Crippen LogP contribution in [0.3, 0.4) is 0 Å². The van der Waals surface area contributed by atoms with Gasteiger partial charge in [0.25, 0.3) is 0 Å². The molecule has 0 amide bonds. The SMILES string of the molecule is c1cncc(-n2c3ccccc3c3cc(-c4ccc5cc6c(cc5c4)-c4cccc5cccc-6c45)ccc32)c1. The van der Waals surface area contributed by atoms with Gasteiger partial charge in [0, 0.05) is 17.0 Å². The van der Waals surface area contributed by atoms with Crippen molar-refractivity contribution in [3.63, 3.8) is 0 Å². The van der Waals surface area contributed by atoms with E-state index in [9.17, 15) is 0 Å². The van der Waals surface area contributed by atoms with Crippen LogP contribution in [0.5, 0.6) is 0 Å². The van der Waals surface area contributed by atoms with E-state index in [-0.39, 0.29) is 0 Å². The van der Waals surface area contributed by atoms with Gasteiger partial charge in [-0.15, -0.1) is 0 Å². The predicted molar refractivity (Wildman–Crippen MR) is 163 cm³/mol. The van der Waals surface area contributed by atoms with E-state index in [4.69, 9.17) is 0 Å². The molecule has 0 atom stereocenters. The Morgan fingerprint density at radius 2 is 1.21 bits per heavy atom. The molecule has 1 aliphatic rings. The molecule has 1 aliphatic carbocycles. The fourth-order valence-electron chi connectivity index (χ4n) is 6.63. The first kappa shape index (κ1) is 20.8. The maximum atomic E-state index is 4.38. The third-order valence-electron chi connectivity index (χ3n) is 8.37. The third-order valence-corrected chi connectivity index (χ3v) is 8.37. The molecule has 6 aromatic carbocycles. The average Bonchev–Trinajstić information content (AvgIpc) is 3.50. The Bertz CT molecular complexity index is 2270. The van der Waals surface area contributed by atoms with Gasteiger partial charge in [0.05, 0.1) is 22.9 Å². The molecule has 2 aromatic heterocycles. The lowest BCUT2D eigenvalue weighted by atomic mass is 9.95. The molecule has 2 heteroatoms. The zero-order valence-corrected chi connectivity index (χ0v) is 21.1. The standard InChI is InChI=1S/C37H22N2/c1-2-12-35-29(9-1)34-20-25(15-16-36(34)39(35)28-8-5-17-38-22-28)24-13-14-26-19-32-30-10-3-6-23-7-4-11-31(37(23)30)33(32)21-27(26)18-24/h1-22H. The van der Waals surface area contributed by atoms with Gasteiger partial charge in [-0.05, 0) is 103 Å². The average molecular weight is 495 g/mol. The van der Waals surface area contributed by atoms with Gasteiger partial charge in [0.1, 0.15) is 0 Å². The van der Waals surface area contributed by atoms with Crippen LogP contribution in [0.25, 0.3) is 82.4 Å². The topological polar surface area (TPSA) is 17.8 Å². The Kier molecular flexibility index (Phi) is 4.08. The highest BCUT2D eigenvalue weighted by Gasteiger charge is 2.21. The molecule has 9 rings (SSSR count). The molecule has 180 valence electrons. The minimum Gasteiger partial charge on any atom is -0.308 e. The fraction of sp³-hybridized carbons (Fsp3) is 0. The van der Waals surface area contributed by atoms with Crippen molar-refractivity contribution < 1.29 is 0 Å². The van der Waals surface area contributed by atoms with Crippen LogP contribution in [0.4, 0.5) is 0 Å². The van der Waals surface area contributed by atoms with Crippen LogP contribution in [0.2, 0.25) is 0 Å². The second-order valence-electron chi connectivity index (χ2n) is 10.5. The van der Waals surface area contributed by atoms with Crippen LogP contribution in [-0.4, -0.2) is 9.55 Å². The number of hydrogen-bond acceptors (Lipinski definition) is 1. The molecule has 0 aliphatic heterocycles. The van der Waals surface area contributed by atoms with E-state index < -0.39 is 0 Å². The quantitative estimate of drug-likeness (QED) is 0.234. The zero-order chi connectivity index (χ0) is 25.5. The second-order valence-corrected chi connectivity index (χ2v) is 10.5. The number of para-hydroxylation sites is 1.